The first-order valence-corrected chi connectivity index (χ1v) is 13.6. The van der Waals surface area contributed by atoms with Crippen molar-refractivity contribution in [2.45, 2.75) is 19.4 Å². The summed E-state index contributed by atoms with van der Waals surface area (Å²) in [5, 5.41) is 13.6. The van der Waals surface area contributed by atoms with Crippen molar-refractivity contribution in [1.29, 1.82) is 0 Å². The Hall–Kier alpha value is -4.11. The maximum absolute atomic E-state index is 13.5. The van der Waals surface area contributed by atoms with Gasteiger partial charge in [-0.2, -0.15) is 0 Å². The fourth-order valence-corrected chi connectivity index (χ4v) is 5.39. The maximum Gasteiger partial charge on any atom is 0.324 e. The summed E-state index contributed by atoms with van der Waals surface area (Å²) in [6.45, 7) is 1.29. The van der Waals surface area contributed by atoms with Gasteiger partial charge in [0.05, 0.1) is 6.42 Å². The molecule has 1 aliphatic heterocycles. The molecule has 0 radical (unpaired) electrons. The first-order chi connectivity index (χ1) is 18.9. The maximum atomic E-state index is 13.5. The van der Waals surface area contributed by atoms with E-state index in [-0.39, 0.29) is 30.8 Å². The fourth-order valence-electron chi connectivity index (χ4n) is 5.13. The van der Waals surface area contributed by atoms with Crippen LogP contribution in [-0.4, -0.2) is 52.5 Å². The van der Waals surface area contributed by atoms with Crippen LogP contribution >= 0.6 is 15.9 Å². The second-order valence-corrected chi connectivity index (χ2v) is 10.7. The number of H-pyrrole nitrogens is 1. The molecule has 3 N–H and O–H groups in total. The number of carbonyl (C=O) groups is 3. The Bertz CT molecular complexity index is 1500. The zero-order valence-corrected chi connectivity index (χ0v) is 22.9. The van der Waals surface area contributed by atoms with Crippen LogP contribution in [0.2, 0.25) is 0 Å². The molecule has 8 nitrogen and oxygen atoms in total. The molecular weight excluding hydrogens is 560 g/mol. The van der Waals surface area contributed by atoms with Crippen molar-refractivity contribution >= 4 is 50.4 Å². The third-order valence-electron chi connectivity index (χ3n) is 7.00. The van der Waals surface area contributed by atoms with Crippen LogP contribution in [0.4, 0.5) is 10.5 Å². The van der Waals surface area contributed by atoms with E-state index in [9.17, 15) is 19.5 Å². The van der Waals surface area contributed by atoms with Crippen molar-refractivity contribution in [2.24, 2.45) is 5.92 Å². The van der Waals surface area contributed by atoms with Crippen molar-refractivity contribution < 1.29 is 19.5 Å². The fraction of sp³-hybridized carbons (Fsp3) is 0.233. The lowest BCUT2D eigenvalue weighted by molar-refractivity contribution is -0.138. The number of amides is 3. The van der Waals surface area contributed by atoms with Crippen LogP contribution in [-0.2, 0) is 17.8 Å². The molecule has 5 rings (SSSR count). The van der Waals surface area contributed by atoms with Crippen molar-refractivity contribution in [3.05, 3.63) is 100 Å². The molecule has 1 fully saturated rings. The van der Waals surface area contributed by atoms with Crippen molar-refractivity contribution in [3.8, 4) is 0 Å². The summed E-state index contributed by atoms with van der Waals surface area (Å²) < 4.78 is 0.888. The van der Waals surface area contributed by atoms with E-state index in [0.29, 0.717) is 42.9 Å². The highest BCUT2D eigenvalue weighted by atomic mass is 79.9. The summed E-state index contributed by atoms with van der Waals surface area (Å²) in [5.41, 5.74) is 4.11. The van der Waals surface area contributed by atoms with Gasteiger partial charge in [-0.1, -0.05) is 52.3 Å². The molecule has 1 atom stereocenters. The number of aromatic amines is 1. The highest BCUT2D eigenvalue weighted by Crippen LogP contribution is 2.27. The Labute approximate surface area is 234 Å². The number of halogens is 1. The number of carboxylic acids is 1. The Morgan fingerprint density at radius 1 is 0.974 bits per heavy atom. The second-order valence-electron chi connectivity index (χ2n) is 9.74. The van der Waals surface area contributed by atoms with E-state index in [1.54, 1.807) is 21.9 Å². The average Bonchev–Trinajstić information content (AvgIpc) is 3.34. The Kier molecular flexibility index (Phi) is 7.97. The monoisotopic (exact) mass is 588 g/mol. The molecule has 4 aromatic rings. The third kappa shape index (κ3) is 6.15. The number of anilines is 1. The number of rotatable bonds is 9. The van der Waals surface area contributed by atoms with E-state index >= 15 is 0 Å². The van der Waals surface area contributed by atoms with E-state index in [0.717, 1.165) is 20.9 Å². The number of carbonyl (C=O) groups excluding carboxylic acids is 2. The van der Waals surface area contributed by atoms with Crippen LogP contribution in [0.5, 0.6) is 0 Å². The first-order valence-electron chi connectivity index (χ1n) is 12.8. The molecule has 1 aliphatic rings. The van der Waals surface area contributed by atoms with E-state index in [1.165, 1.54) is 0 Å². The second kappa shape index (κ2) is 11.7. The zero-order chi connectivity index (χ0) is 27.4. The van der Waals surface area contributed by atoms with Gasteiger partial charge < -0.3 is 20.3 Å². The van der Waals surface area contributed by atoms with Crippen molar-refractivity contribution in [3.63, 3.8) is 0 Å². The molecule has 0 bridgehead atoms. The van der Waals surface area contributed by atoms with Crippen molar-refractivity contribution in [1.82, 2.24) is 15.2 Å². The first kappa shape index (κ1) is 26.5. The molecule has 1 saturated heterocycles. The minimum Gasteiger partial charge on any atom is -0.481 e. The van der Waals surface area contributed by atoms with Gasteiger partial charge in [-0.05, 0) is 53.9 Å². The van der Waals surface area contributed by atoms with Gasteiger partial charge in [-0.15, -0.1) is 0 Å². The Morgan fingerprint density at radius 2 is 1.72 bits per heavy atom. The number of fused-ring (bicyclic) bond motifs is 1. The van der Waals surface area contributed by atoms with Gasteiger partial charge in [0.25, 0.3) is 5.91 Å². The standard InChI is InChI=1S/C30H29BrN4O4/c31-23-9-11-24(12-10-23)35-18-20(15-28(36)37)17-34(30(35)39)19-22-5-1-2-7-26(22)29(38)32-14-13-21-16-33-27-8-4-3-6-25(21)27/h1-12,16,20,33H,13-15,17-19H2,(H,32,38)(H,36,37). The number of nitrogens with one attached hydrogen (secondary N) is 2. The van der Waals surface area contributed by atoms with Gasteiger partial charge >= 0.3 is 12.0 Å². The number of nitrogens with zero attached hydrogens (tertiary/aromatic N) is 2. The van der Waals surface area contributed by atoms with Gasteiger partial charge in [0, 0.05) is 64.9 Å². The molecule has 1 aromatic heterocycles. The van der Waals surface area contributed by atoms with Crippen LogP contribution in [0, 0.1) is 5.92 Å². The summed E-state index contributed by atoms with van der Waals surface area (Å²) in [7, 11) is 0. The number of para-hydroxylation sites is 1. The Balaban J connectivity index is 1.30. The number of hydrogen-bond acceptors (Lipinski definition) is 3. The quantitative estimate of drug-likeness (QED) is 0.242. The molecular formula is C30H29BrN4O4. The normalized spacial score (nSPS) is 15.5. The smallest absolute Gasteiger partial charge is 0.324 e. The number of carboxylic acid groups (broad SMARTS) is 1. The van der Waals surface area contributed by atoms with E-state index in [4.69, 9.17) is 0 Å². The lowest BCUT2D eigenvalue weighted by Gasteiger charge is -2.40. The zero-order valence-electron chi connectivity index (χ0n) is 21.3. The third-order valence-corrected chi connectivity index (χ3v) is 7.53. The van der Waals surface area contributed by atoms with E-state index in [1.807, 2.05) is 60.8 Å². The minimum absolute atomic E-state index is 0.0488. The van der Waals surface area contributed by atoms with Gasteiger partial charge in [0.1, 0.15) is 0 Å². The largest absolute Gasteiger partial charge is 0.481 e. The topological polar surface area (TPSA) is 106 Å². The summed E-state index contributed by atoms with van der Waals surface area (Å²) in [5.74, 6) is -1.36. The van der Waals surface area contributed by atoms with Gasteiger partial charge in [0.15, 0.2) is 0 Å². The van der Waals surface area contributed by atoms with Crippen LogP contribution in [0.25, 0.3) is 10.9 Å². The highest BCUT2D eigenvalue weighted by Gasteiger charge is 2.34. The van der Waals surface area contributed by atoms with Crippen LogP contribution in [0.3, 0.4) is 0 Å². The molecule has 9 heteroatoms. The van der Waals surface area contributed by atoms with Crippen LogP contribution in [0.1, 0.15) is 27.9 Å². The number of urea groups is 1. The minimum atomic E-state index is -0.903. The molecule has 0 spiro atoms. The molecule has 0 saturated carbocycles. The Morgan fingerprint density at radius 3 is 2.51 bits per heavy atom. The average molecular weight is 589 g/mol. The van der Waals surface area contributed by atoms with Gasteiger partial charge in [-0.25, -0.2) is 4.79 Å². The SMILES string of the molecule is O=C(O)CC1CN(Cc2ccccc2C(=O)NCCc2c[nH]c3ccccc23)C(=O)N(c2ccc(Br)cc2)C1. The van der Waals surface area contributed by atoms with E-state index in [2.05, 4.69) is 32.3 Å². The van der Waals surface area contributed by atoms with Crippen LogP contribution < -0.4 is 10.2 Å². The molecule has 0 aliphatic carbocycles. The van der Waals surface area contributed by atoms with Crippen LogP contribution in [0.15, 0.2) is 83.5 Å². The number of aliphatic carboxylic acids is 1. The molecule has 3 amide bonds. The van der Waals surface area contributed by atoms with Gasteiger partial charge in [0.2, 0.25) is 0 Å². The predicted molar refractivity (Wildman–Crippen MR) is 154 cm³/mol. The molecule has 39 heavy (non-hydrogen) atoms. The number of benzene rings is 3. The predicted octanol–water partition coefficient (Wildman–Crippen LogP) is 5.44. The van der Waals surface area contributed by atoms with Crippen molar-refractivity contribution in [2.75, 3.05) is 24.5 Å². The number of hydrogen-bond donors (Lipinski definition) is 3. The summed E-state index contributed by atoms with van der Waals surface area (Å²) in [6.07, 6.45) is 2.60. The lowest BCUT2D eigenvalue weighted by atomic mass is 9.99. The molecule has 3 aromatic carbocycles. The lowest BCUT2D eigenvalue weighted by Crippen LogP contribution is -2.53. The summed E-state index contributed by atoms with van der Waals surface area (Å²) in [6, 6.07) is 22.4. The number of aromatic nitrogens is 1. The highest BCUT2D eigenvalue weighted by molar-refractivity contribution is 9.10. The molecule has 200 valence electrons. The molecule has 2 heterocycles. The molecule has 1 unspecified atom stereocenters. The summed E-state index contributed by atoms with van der Waals surface area (Å²) >= 11 is 3.42. The van der Waals surface area contributed by atoms with Gasteiger partial charge in [-0.3, -0.25) is 14.5 Å². The summed E-state index contributed by atoms with van der Waals surface area (Å²) in [4.78, 5) is 44.8. The van der Waals surface area contributed by atoms with E-state index < -0.39 is 5.97 Å².